The largest absolute Gasteiger partial charge is 0.381 e. The van der Waals surface area contributed by atoms with Crippen molar-refractivity contribution in [1.82, 2.24) is 4.90 Å². The van der Waals surface area contributed by atoms with Crippen LogP contribution in [0.2, 0.25) is 0 Å². The molecule has 0 atom stereocenters. The third-order valence-electron chi connectivity index (χ3n) is 1.37. The fraction of sp³-hybridized carbons (Fsp3) is 0.778. The third-order valence-corrected chi connectivity index (χ3v) is 1.37. The number of allylic oxidation sites excluding steroid dienone is 1. The summed E-state index contributed by atoms with van der Waals surface area (Å²) in [6.07, 6.45) is 1.07. The fourth-order valence-electron chi connectivity index (χ4n) is 0.770. The van der Waals surface area contributed by atoms with Gasteiger partial charge >= 0.3 is 0 Å². The van der Waals surface area contributed by atoms with Crippen molar-refractivity contribution in [3.05, 3.63) is 12.3 Å². The molecule has 1 nitrogen and oxygen atoms in total. The SMILES string of the molecule is C=C(CC(C)(C)C)N(C)C. The van der Waals surface area contributed by atoms with E-state index in [1.165, 1.54) is 5.70 Å². The van der Waals surface area contributed by atoms with E-state index in [0.717, 1.165) is 6.42 Å². The van der Waals surface area contributed by atoms with Gasteiger partial charge in [-0.1, -0.05) is 27.4 Å². The van der Waals surface area contributed by atoms with E-state index >= 15 is 0 Å². The van der Waals surface area contributed by atoms with Gasteiger partial charge in [0, 0.05) is 19.8 Å². The molecule has 0 fully saturated rings. The topological polar surface area (TPSA) is 3.24 Å². The Hall–Kier alpha value is -0.460. The minimum atomic E-state index is 0.362. The predicted octanol–water partition coefficient (Wildman–Crippen LogP) is 2.50. The molecule has 0 aromatic carbocycles. The van der Waals surface area contributed by atoms with Gasteiger partial charge in [0.25, 0.3) is 0 Å². The quantitative estimate of drug-likeness (QED) is 0.571. The minimum absolute atomic E-state index is 0.362. The smallest absolute Gasteiger partial charge is 0.00597 e. The molecule has 0 rings (SSSR count). The van der Waals surface area contributed by atoms with Crippen LogP contribution >= 0.6 is 0 Å². The first-order valence-electron chi connectivity index (χ1n) is 3.68. The second-order valence-corrected chi connectivity index (χ2v) is 4.20. The monoisotopic (exact) mass is 141 g/mol. The van der Waals surface area contributed by atoms with Gasteiger partial charge in [-0.25, -0.2) is 0 Å². The highest BCUT2D eigenvalue weighted by molar-refractivity contribution is 4.94. The van der Waals surface area contributed by atoms with Crippen LogP contribution < -0.4 is 0 Å². The summed E-state index contributed by atoms with van der Waals surface area (Å²) in [5, 5.41) is 0. The molecule has 0 aliphatic rings. The van der Waals surface area contributed by atoms with Gasteiger partial charge in [0.2, 0.25) is 0 Å². The van der Waals surface area contributed by atoms with E-state index in [-0.39, 0.29) is 0 Å². The lowest BCUT2D eigenvalue weighted by atomic mass is 9.91. The Kier molecular flexibility index (Phi) is 2.95. The van der Waals surface area contributed by atoms with Gasteiger partial charge in [0.05, 0.1) is 0 Å². The molecule has 0 heterocycles. The highest BCUT2D eigenvalue weighted by Crippen LogP contribution is 2.23. The van der Waals surface area contributed by atoms with Crippen LogP contribution in [-0.2, 0) is 0 Å². The van der Waals surface area contributed by atoms with Crippen LogP contribution in [0, 0.1) is 5.41 Å². The highest BCUT2D eigenvalue weighted by Gasteiger charge is 2.12. The van der Waals surface area contributed by atoms with E-state index < -0.39 is 0 Å². The Morgan fingerprint density at radius 2 is 1.70 bits per heavy atom. The molecule has 10 heavy (non-hydrogen) atoms. The van der Waals surface area contributed by atoms with Crippen molar-refractivity contribution in [3.63, 3.8) is 0 Å². The van der Waals surface area contributed by atoms with Crippen LogP contribution in [0.25, 0.3) is 0 Å². The first-order valence-corrected chi connectivity index (χ1v) is 3.68. The molecule has 0 saturated carbocycles. The van der Waals surface area contributed by atoms with E-state index in [1.807, 2.05) is 14.1 Å². The van der Waals surface area contributed by atoms with Crippen molar-refractivity contribution < 1.29 is 0 Å². The Morgan fingerprint density at radius 1 is 1.30 bits per heavy atom. The second-order valence-electron chi connectivity index (χ2n) is 4.20. The average Bonchev–Trinajstić information content (AvgIpc) is 1.60. The summed E-state index contributed by atoms with van der Waals surface area (Å²) in [7, 11) is 4.07. The molecule has 0 aromatic heterocycles. The summed E-state index contributed by atoms with van der Waals surface area (Å²) in [5.74, 6) is 0. The molecule has 0 N–H and O–H groups in total. The summed E-state index contributed by atoms with van der Waals surface area (Å²) in [4.78, 5) is 2.07. The zero-order valence-corrected chi connectivity index (χ0v) is 7.86. The third kappa shape index (κ3) is 4.42. The van der Waals surface area contributed by atoms with Crippen LogP contribution in [0.5, 0.6) is 0 Å². The Balaban J connectivity index is 3.81. The summed E-state index contributed by atoms with van der Waals surface area (Å²) >= 11 is 0. The number of rotatable bonds is 2. The van der Waals surface area contributed by atoms with Crippen LogP contribution in [0.15, 0.2) is 12.3 Å². The molecular formula is C9H19N. The number of nitrogens with zero attached hydrogens (tertiary/aromatic N) is 1. The Bertz CT molecular complexity index is 117. The predicted molar refractivity (Wildman–Crippen MR) is 46.9 cm³/mol. The number of hydrogen-bond acceptors (Lipinski definition) is 1. The van der Waals surface area contributed by atoms with Gasteiger partial charge in [0.1, 0.15) is 0 Å². The lowest BCUT2D eigenvalue weighted by molar-refractivity contribution is 0.356. The van der Waals surface area contributed by atoms with Crippen molar-refractivity contribution in [3.8, 4) is 0 Å². The first-order chi connectivity index (χ1) is 4.33. The number of hydrogen-bond donors (Lipinski definition) is 0. The zero-order chi connectivity index (χ0) is 8.36. The van der Waals surface area contributed by atoms with Crippen LogP contribution in [-0.4, -0.2) is 19.0 Å². The molecule has 0 saturated heterocycles. The van der Waals surface area contributed by atoms with Crippen molar-refractivity contribution in [1.29, 1.82) is 0 Å². The molecule has 0 aromatic rings. The summed E-state index contributed by atoms with van der Waals surface area (Å²) < 4.78 is 0. The van der Waals surface area contributed by atoms with Crippen LogP contribution in [0.1, 0.15) is 27.2 Å². The van der Waals surface area contributed by atoms with Crippen molar-refractivity contribution in [2.75, 3.05) is 14.1 Å². The lowest BCUT2D eigenvalue weighted by Crippen LogP contribution is -2.16. The fourth-order valence-corrected chi connectivity index (χ4v) is 0.770. The molecular weight excluding hydrogens is 122 g/mol. The summed E-state index contributed by atoms with van der Waals surface area (Å²) in [6, 6.07) is 0. The van der Waals surface area contributed by atoms with E-state index in [9.17, 15) is 0 Å². The van der Waals surface area contributed by atoms with E-state index in [0.29, 0.717) is 5.41 Å². The molecule has 0 bridgehead atoms. The van der Waals surface area contributed by atoms with E-state index in [2.05, 4.69) is 32.3 Å². The highest BCUT2D eigenvalue weighted by atomic mass is 15.1. The van der Waals surface area contributed by atoms with Gasteiger partial charge in [-0.15, -0.1) is 0 Å². The summed E-state index contributed by atoms with van der Waals surface area (Å²) in [5.41, 5.74) is 1.56. The lowest BCUT2D eigenvalue weighted by Gasteiger charge is -2.24. The van der Waals surface area contributed by atoms with Crippen molar-refractivity contribution >= 4 is 0 Å². The summed E-state index contributed by atoms with van der Waals surface area (Å²) in [6.45, 7) is 10.6. The molecule has 0 radical (unpaired) electrons. The molecule has 0 aliphatic carbocycles. The average molecular weight is 141 g/mol. The van der Waals surface area contributed by atoms with Crippen molar-refractivity contribution in [2.24, 2.45) is 5.41 Å². The Labute approximate surface area is 64.7 Å². The normalized spacial score (nSPS) is 11.3. The van der Waals surface area contributed by atoms with Gasteiger partial charge in [-0.05, 0) is 11.8 Å². The zero-order valence-electron chi connectivity index (χ0n) is 7.86. The van der Waals surface area contributed by atoms with Gasteiger partial charge < -0.3 is 4.90 Å². The van der Waals surface area contributed by atoms with Gasteiger partial charge in [0.15, 0.2) is 0 Å². The van der Waals surface area contributed by atoms with Crippen LogP contribution in [0.3, 0.4) is 0 Å². The van der Waals surface area contributed by atoms with E-state index in [4.69, 9.17) is 0 Å². The minimum Gasteiger partial charge on any atom is -0.381 e. The van der Waals surface area contributed by atoms with E-state index in [1.54, 1.807) is 0 Å². The van der Waals surface area contributed by atoms with Crippen molar-refractivity contribution in [2.45, 2.75) is 27.2 Å². The van der Waals surface area contributed by atoms with Gasteiger partial charge in [-0.2, -0.15) is 0 Å². The maximum Gasteiger partial charge on any atom is 0.00597 e. The molecule has 0 aliphatic heterocycles. The molecule has 60 valence electrons. The second kappa shape index (κ2) is 3.09. The first kappa shape index (κ1) is 9.54. The maximum atomic E-state index is 3.97. The molecule has 0 amide bonds. The molecule has 0 spiro atoms. The molecule has 1 heteroatoms. The van der Waals surface area contributed by atoms with Gasteiger partial charge in [-0.3, -0.25) is 0 Å². The maximum absolute atomic E-state index is 3.97. The standard InChI is InChI=1S/C9H19N/c1-8(10(5)6)7-9(2,3)4/h1,7H2,2-6H3. The Morgan fingerprint density at radius 3 is 1.80 bits per heavy atom. The molecule has 0 unspecified atom stereocenters. The van der Waals surface area contributed by atoms with Crippen LogP contribution in [0.4, 0.5) is 0 Å².